The Labute approximate surface area is 156 Å². The molecule has 2 atom stereocenters. The molecule has 0 spiro atoms. The van der Waals surface area contributed by atoms with Crippen molar-refractivity contribution >= 4 is 29.5 Å². The van der Waals surface area contributed by atoms with Crippen molar-refractivity contribution in [1.29, 1.82) is 0 Å². The average molecular weight is 380 g/mol. The third-order valence-corrected chi connectivity index (χ3v) is 4.22. The summed E-state index contributed by atoms with van der Waals surface area (Å²) in [6.07, 6.45) is 3.81. The number of nitrogens with one attached hydrogen (secondary N) is 3. The molecule has 0 aromatic heterocycles. The maximum absolute atomic E-state index is 12.5. The first kappa shape index (κ1) is 19.8. The van der Waals surface area contributed by atoms with E-state index in [0.717, 1.165) is 5.56 Å². The normalized spacial score (nSPS) is 23.0. The number of amides is 3. The van der Waals surface area contributed by atoms with Gasteiger partial charge >= 0.3 is 6.09 Å². The highest BCUT2D eigenvalue weighted by molar-refractivity contribution is 6.30. The fraction of sp³-hybridized carbons (Fsp3) is 0.389. The zero-order valence-electron chi connectivity index (χ0n) is 14.2. The molecule has 1 heterocycles. The van der Waals surface area contributed by atoms with E-state index in [-0.39, 0.29) is 5.91 Å². The zero-order valence-corrected chi connectivity index (χ0v) is 15.0. The fourth-order valence-electron chi connectivity index (χ4n) is 2.73. The van der Waals surface area contributed by atoms with E-state index < -0.39 is 24.1 Å². The maximum atomic E-state index is 12.5. The van der Waals surface area contributed by atoms with Crippen LogP contribution < -0.4 is 16.0 Å². The van der Waals surface area contributed by atoms with E-state index in [1.165, 1.54) is 6.08 Å². The lowest BCUT2D eigenvalue weighted by Crippen LogP contribution is -2.49. The molecule has 0 radical (unpaired) electrons. The predicted molar refractivity (Wildman–Crippen MR) is 98.0 cm³/mol. The van der Waals surface area contributed by atoms with E-state index in [0.29, 0.717) is 37.3 Å². The molecule has 0 saturated carbocycles. The molecule has 1 aromatic rings. The number of hydrogen-bond acceptors (Lipinski definition) is 3. The van der Waals surface area contributed by atoms with E-state index in [2.05, 4.69) is 16.0 Å². The Hall–Kier alpha value is -2.54. The second-order valence-corrected chi connectivity index (χ2v) is 6.53. The summed E-state index contributed by atoms with van der Waals surface area (Å²) in [6, 6.07) is 5.91. The smallest absolute Gasteiger partial charge is 0.405 e. The minimum Gasteiger partial charge on any atom is -0.465 e. The number of rotatable bonds is 3. The monoisotopic (exact) mass is 379 g/mol. The van der Waals surface area contributed by atoms with Crippen LogP contribution in [-0.4, -0.2) is 41.6 Å². The average Bonchev–Trinajstić information content (AvgIpc) is 2.57. The van der Waals surface area contributed by atoms with Crippen molar-refractivity contribution in [1.82, 2.24) is 16.0 Å². The lowest BCUT2D eigenvalue weighted by atomic mass is 10.0. The summed E-state index contributed by atoms with van der Waals surface area (Å²) in [4.78, 5) is 35.3. The van der Waals surface area contributed by atoms with Crippen molar-refractivity contribution < 1.29 is 19.5 Å². The Kier molecular flexibility index (Phi) is 7.47. The van der Waals surface area contributed by atoms with Crippen LogP contribution in [0.4, 0.5) is 4.79 Å². The first-order valence-corrected chi connectivity index (χ1v) is 8.82. The van der Waals surface area contributed by atoms with Crippen LogP contribution in [0.1, 0.15) is 24.8 Å². The summed E-state index contributed by atoms with van der Waals surface area (Å²) in [7, 11) is 0. The summed E-state index contributed by atoms with van der Waals surface area (Å²) in [5.41, 5.74) is 0.891. The first-order chi connectivity index (χ1) is 12.4. The molecular weight excluding hydrogens is 358 g/mol. The molecular formula is C18H22ClN3O4. The molecule has 4 N–H and O–H groups in total. The van der Waals surface area contributed by atoms with Crippen molar-refractivity contribution in [3.63, 3.8) is 0 Å². The van der Waals surface area contributed by atoms with Crippen molar-refractivity contribution in [3.05, 3.63) is 47.0 Å². The summed E-state index contributed by atoms with van der Waals surface area (Å²) in [6.45, 7) is 0.476. The molecule has 140 valence electrons. The first-order valence-electron chi connectivity index (χ1n) is 8.44. The molecule has 0 bridgehead atoms. The third-order valence-electron chi connectivity index (χ3n) is 3.99. The van der Waals surface area contributed by atoms with Gasteiger partial charge in [0.1, 0.15) is 6.04 Å². The SMILES string of the molecule is O=C(O)N[C@H]1CCCCNC(=O)/C=C/[C@H](Cc2cccc(Cl)c2)NC1=O. The molecule has 26 heavy (non-hydrogen) atoms. The molecule has 8 heteroatoms. The van der Waals surface area contributed by atoms with E-state index >= 15 is 0 Å². The van der Waals surface area contributed by atoms with Gasteiger partial charge in [-0.25, -0.2) is 4.79 Å². The molecule has 0 aliphatic carbocycles. The molecule has 1 aliphatic rings. The van der Waals surface area contributed by atoms with Crippen LogP contribution in [0.2, 0.25) is 5.02 Å². The maximum Gasteiger partial charge on any atom is 0.405 e. The number of hydrogen-bond donors (Lipinski definition) is 4. The van der Waals surface area contributed by atoms with E-state index in [9.17, 15) is 14.4 Å². The molecule has 0 fully saturated rings. The van der Waals surface area contributed by atoms with Gasteiger partial charge in [-0.15, -0.1) is 0 Å². The highest BCUT2D eigenvalue weighted by Gasteiger charge is 2.22. The van der Waals surface area contributed by atoms with Gasteiger partial charge in [0.15, 0.2) is 0 Å². The molecule has 7 nitrogen and oxygen atoms in total. The Balaban J connectivity index is 2.18. The number of carboxylic acid groups (broad SMARTS) is 1. The van der Waals surface area contributed by atoms with Gasteiger partial charge < -0.3 is 21.1 Å². The van der Waals surface area contributed by atoms with Crippen LogP contribution in [0.15, 0.2) is 36.4 Å². The van der Waals surface area contributed by atoms with Crippen LogP contribution in [-0.2, 0) is 16.0 Å². The van der Waals surface area contributed by atoms with Crippen LogP contribution in [0.25, 0.3) is 0 Å². The number of halogens is 1. The van der Waals surface area contributed by atoms with E-state index in [4.69, 9.17) is 16.7 Å². The van der Waals surface area contributed by atoms with E-state index in [1.807, 2.05) is 6.07 Å². The van der Waals surface area contributed by atoms with Crippen LogP contribution >= 0.6 is 11.6 Å². The van der Waals surface area contributed by atoms with Crippen molar-refractivity contribution in [3.8, 4) is 0 Å². The highest BCUT2D eigenvalue weighted by Crippen LogP contribution is 2.13. The van der Waals surface area contributed by atoms with E-state index in [1.54, 1.807) is 24.3 Å². The zero-order chi connectivity index (χ0) is 18.9. The Morgan fingerprint density at radius 2 is 2.12 bits per heavy atom. The molecule has 1 aliphatic heterocycles. The van der Waals surface area contributed by atoms with Gasteiger partial charge in [0.2, 0.25) is 11.8 Å². The van der Waals surface area contributed by atoms with Crippen molar-refractivity contribution in [2.75, 3.05) is 6.54 Å². The van der Waals surface area contributed by atoms with Crippen LogP contribution in [0.5, 0.6) is 0 Å². The third kappa shape index (κ3) is 6.76. The molecule has 0 saturated heterocycles. The second kappa shape index (κ2) is 9.82. The summed E-state index contributed by atoms with van der Waals surface area (Å²) < 4.78 is 0. The minimum absolute atomic E-state index is 0.226. The second-order valence-electron chi connectivity index (χ2n) is 6.10. The lowest BCUT2D eigenvalue weighted by Gasteiger charge is -2.22. The Morgan fingerprint density at radius 3 is 2.85 bits per heavy atom. The van der Waals surface area contributed by atoms with Gasteiger partial charge in [0.05, 0.1) is 6.04 Å². The number of carbonyl (C=O) groups excluding carboxylic acids is 2. The van der Waals surface area contributed by atoms with Gasteiger partial charge in [-0.05, 0) is 43.4 Å². The lowest BCUT2D eigenvalue weighted by molar-refractivity contribution is -0.123. The summed E-state index contributed by atoms with van der Waals surface area (Å²) in [5, 5.41) is 17.4. The number of benzene rings is 1. The fourth-order valence-corrected chi connectivity index (χ4v) is 2.95. The number of carbonyl (C=O) groups is 3. The summed E-state index contributed by atoms with van der Waals surface area (Å²) >= 11 is 6.00. The quantitative estimate of drug-likeness (QED) is 0.642. The van der Waals surface area contributed by atoms with Crippen LogP contribution in [0, 0.1) is 0 Å². The Morgan fingerprint density at radius 1 is 1.31 bits per heavy atom. The van der Waals surface area contributed by atoms with Gasteiger partial charge in [-0.3, -0.25) is 9.59 Å². The summed E-state index contributed by atoms with van der Waals surface area (Å²) in [5.74, 6) is -0.638. The standard InChI is InChI=1S/C18H22ClN3O4/c19-13-5-3-4-12(10-13)11-14-7-8-16(23)20-9-2-1-6-15(17(24)21-14)22-18(25)26/h3-5,7-8,10,14-15,22H,1-2,6,9,11H2,(H,20,23)(H,21,24)(H,25,26)/b8-7+/t14-,15+/m1/s1. The predicted octanol–water partition coefficient (Wildman–Crippen LogP) is 1.86. The molecule has 3 amide bonds. The largest absolute Gasteiger partial charge is 0.465 e. The topological polar surface area (TPSA) is 108 Å². The van der Waals surface area contributed by atoms with Crippen molar-refractivity contribution in [2.45, 2.75) is 37.8 Å². The Bertz CT molecular complexity index is 693. The van der Waals surface area contributed by atoms with Crippen LogP contribution in [0.3, 0.4) is 0 Å². The van der Waals surface area contributed by atoms with Gasteiger partial charge in [0, 0.05) is 17.6 Å². The van der Waals surface area contributed by atoms with Gasteiger partial charge in [-0.1, -0.05) is 29.8 Å². The van der Waals surface area contributed by atoms with Gasteiger partial charge in [0.25, 0.3) is 0 Å². The minimum atomic E-state index is -1.24. The highest BCUT2D eigenvalue weighted by atomic mass is 35.5. The molecule has 2 rings (SSSR count). The van der Waals surface area contributed by atoms with Gasteiger partial charge in [-0.2, -0.15) is 0 Å². The molecule has 1 aromatic carbocycles. The van der Waals surface area contributed by atoms with Crippen molar-refractivity contribution in [2.24, 2.45) is 0 Å². The molecule has 0 unspecified atom stereocenters.